The molecule has 0 aliphatic carbocycles. The maximum Gasteiger partial charge on any atom is 0.326 e. The van der Waals surface area contributed by atoms with Gasteiger partial charge in [-0.3, -0.25) is 9.78 Å². The number of hydrogen-bond donors (Lipinski definition) is 2. The van der Waals surface area contributed by atoms with Crippen LogP contribution in [0, 0.1) is 16.3 Å². The summed E-state index contributed by atoms with van der Waals surface area (Å²) in [6.45, 7) is 1.70. The fourth-order valence-corrected chi connectivity index (χ4v) is 2.49. The van der Waals surface area contributed by atoms with Crippen molar-refractivity contribution in [1.29, 1.82) is 0 Å². The molecule has 0 amide bonds. The lowest BCUT2D eigenvalue weighted by Crippen LogP contribution is -2.23. The van der Waals surface area contributed by atoms with Crippen LogP contribution in [0.25, 0.3) is 10.9 Å². The molecule has 0 aliphatic heterocycles. The molecule has 0 aliphatic rings. The van der Waals surface area contributed by atoms with Gasteiger partial charge in [-0.2, -0.15) is 0 Å². The SMILES string of the molecule is Cc1c(I)c(Br)c(F)c2[nH]c(=O)[nH]c(=O)c12. The van der Waals surface area contributed by atoms with Crippen LogP contribution in [0.5, 0.6) is 0 Å². The van der Waals surface area contributed by atoms with Gasteiger partial charge in [-0.1, -0.05) is 0 Å². The monoisotopic (exact) mass is 398 g/mol. The number of rotatable bonds is 0. The van der Waals surface area contributed by atoms with E-state index in [2.05, 4.69) is 25.9 Å². The highest BCUT2D eigenvalue weighted by atomic mass is 127. The summed E-state index contributed by atoms with van der Waals surface area (Å²) in [7, 11) is 0. The normalized spacial score (nSPS) is 11.0. The summed E-state index contributed by atoms with van der Waals surface area (Å²) in [5.41, 5.74) is -0.746. The first-order valence-corrected chi connectivity index (χ1v) is 6.10. The number of hydrogen-bond acceptors (Lipinski definition) is 2. The first-order chi connectivity index (χ1) is 7.43. The highest BCUT2D eigenvalue weighted by Crippen LogP contribution is 2.30. The number of halogens is 3. The van der Waals surface area contributed by atoms with Crippen LogP contribution in [0.1, 0.15) is 5.56 Å². The Hall–Kier alpha value is -0.700. The molecule has 1 heterocycles. The topological polar surface area (TPSA) is 65.7 Å². The van der Waals surface area contributed by atoms with Crippen molar-refractivity contribution in [2.24, 2.45) is 0 Å². The molecule has 0 radical (unpaired) electrons. The van der Waals surface area contributed by atoms with Crippen LogP contribution in [0.4, 0.5) is 4.39 Å². The number of aromatic nitrogens is 2. The Labute approximate surface area is 111 Å². The number of benzene rings is 1. The van der Waals surface area contributed by atoms with Gasteiger partial charge in [0, 0.05) is 3.57 Å². The number of fused-ring (bicyclic) bond motifs is 1. The Balaban J connectivity index is 3.21. The molecule has 0 spiro atoms. The molecule has 2 aromatic rings. The molecule has 2 rings (SSSR count). The highest BCUT2D eigenvalue weighted by Gasteiger charge is 2.16. The number of aryl methyl sites for hydroxylation is 1. The van der Waals surface area contributed by atoms with E-state index < -0.39 is 17.1 Å². The van der Waals surface area contributed by atoms with Gasteiger partial charge in [-0.25, -0.2) is 9.18 Å². The van der Waals surface area contributed by atoms with Crippen LogP contribution in [0.2, 0.25) is 0 Å². The molecule has 84 valence electrons. The molecule has 7 heteroatoms. The third-order valence-corrected chi connectivity index (χ3v) is 5.09. The Kier molecular flexibility index (Phi) is 2.91. The third-order valence-electron chi connectivity index (χ3n) is 2.25. The second-order valence-electron chi connectivity index (χ2n) is 3.23. The molecule has 0 saturated carbocycles. The van der Waals surface area contributed by atoms with Crippen LogP contribution in [-0.4, -0.2) is 9.97 Å². The van der Waals surface area contributed by atoms with Gasteiger partial charge >= 0.3 is 5.69 Å². The van der Waals surface area contributed by atoms with Gasteiger partial charge in [0.15, 0.2) is 5.82 Å². The maximum absolute atomic E-state index is 13.8. The zero-order valence-electron chi connectivity index (χ0n) is 7.95. The Morgan fingerprint density at radius 3 is 2.56 bits per heavy atom. The summed E-state index contributed by atoms with van der Waals surface area (Å²) in [4.78, 5) is 27.0. The van der Waals surface area contributed by atoms with Crippen molar-refractivity contribution in [3.63, 3.8) is 0 Å². The molecule has 0 atom stereocenters. The number of H-pyrrole nitrogens is 2. The fraction of sp³-hybridized carbons (Fsp3) is 0.111. The summed E-state index contributed by atoms with van der Waals surface area (Å²) in [6, 6.07) is 0. The van der Waals surface area contributed by atoms with Crippen LogP contribution in [0.3, 0.4) is 0 Å². The lowest BCUT2D eigenvalue weighted by Gasteiger charge is -2.07. The van der Waals surface area contributed by atoms with E-state index in [9.17, 15) is 14.0 Å². The van der Waals surface area contributed by atoms with E-state index in [0.717, 1.165) is 0 Å². The lowest BCUT2D eigenvalue weighted by atomic mass is 10.1. The molecule has 2 N–H and O–H groups in total. The van der Waals surface area contributed by atoms with Crippen LogP contribution < -0.4 is 11.2 Å². The predicted molar refractivity (Wildman–Crippen MR) is 70.3 cm³/mol. The van der Waals surface area contributed by atoms with Crippen molar-refractivity contribution >= 4 is 49.4 Å². The number of nitrogens with one attached hydrogen (secondary N) is 2. The Morgan fingerprint density at radius 2 is 1.94 bits per heavy atom. The van der Waals surface area contributed by atoms with E-state index in [4.69, 9.17) is 0 Å². The van der Waals surface area contributed by atoms with Gasteiger partial charge in [0.2, 0.25) is 0 Å². The van der Waals surface area contributed by atoms with Crippen LogP contribution in [-0.2, 0) is 0 Å². The van der Waals surface area contributed by atoms with Crippen molar-refractivity contribution < 1.29 is 4.39 Å². The fourth-order valence-electron chi connectivity index (χ4n) is 1.49. The summed E-state index contributed by atoms with van der Waals surface area (Å²) >= 11 is 5.02. The van der Waals surface area contributed by atoms with Crippen molar-refractivity contribution in [2.45, 2.75) is 6.92 Å². The maximum atomic E-state index is 13.8. The van der Waals surface area contributed by atoms with Gasteiger partial charge in [0.1, 0.15) is 0 Å². The molecule has 0 fully saturated rings. The third kappa shape index (κ3) is 1.61. The molecule has 4 nitrogen and oxygen atoms in total. The summed E-state index contributed by atoms with van der Waals surface area (Å²) in [6.07, 6.45) is 0. The average Bonchev–Trinajstić information content (AvgIpc) is 2.22. The second-order valence-corrected chi connectivity index (χ2v) is 5.10. The molecule has 0 saturated heterocycles. The zero-order chi connectivity index (χ0) is 12.0. The molecule has 0 unspecified atom stereocenters. The zero-order valence-corrected chi connectivity index (χ0v) is 11.7. The van der Waals surface area contributed by atoms with Gasteiger partial charge in [-0.05, 0) is 51.0 Å². The van der Waals surface area contributed by atoms with E-state index in [1.807, 2.05) is 22.6 Å². The lowest BCUT2D eigenvalue weighted by molar-refractivity contribution is 0.627. The van der Waals surface area contributed by atoms with Gasteiger partial charge in [-0.15, -0.1) is 0 Å². The quantitative estimate of drug-likeness (QED) is 0.526. The minimum atomic E-state index is -0.719. The van der Waals surface area contributed by atoms with E-state index in [1.165, 1.54) is 0 Å². The van der Waals surface area contributed by atoms with E-state index in [0.29, 0.717) is 9.13 Å². The number of aromatic amines is 2. The van der Waals surface area contributed by atoms with E-state index in [-0.39, 0.29) is 15.4 Å². The molecule has 16 heavy (non-hydrogen) atoms. The van der Waals surface area contributed by atoms with Gasteiger partial charge in [0.05, 0.1) is 15.4 Å². The first kappa shape index (κ1) is 11.8. The predicted octanol–water partition coefficient (Wildman–Crippen LogP) is 2.03. The summed E-state index contributed by atoms with van der Waals surface area (Å²) < 4.78 is 14.7. The van der Waals surface area contributed by atoms with E-state index in [1.54, 1.807) is 6.92 Å². The van der Waals surface area contributed by atoms with Crippen molar-refractivity contribution in [3.8, 4) is 0 Å². The van der Waals surface area contributed by atoms with Gasteiger partial charge in [0.25, 0.3) is 5.56 Å². The van der Waals surface area contributed by atoms with Crippen LogP contribution in [0.15, 0.2) is 14.1 Å². The molecular formula is C9H5BrFIN2O2. The molecule has 1 aromatic heterocycles. The Bertz CT molecular complexity index is 707. The van der Waals surface area contributed by atoms with Crippen molar-refractivity contribution in [2.75, 3.05) is 0 Å². The van der Waals surface area contributed by atoms with Crippen LogP contribution >= 0.6 is 38.5 Å². The average molecular weight is 399 g/mol. The highest BCUT2D eigenvalue weighted by molar-refractivity contribution is 14.1. The second kappa shape index (κ2) is 3.95. The minimum Gasteiger partial charge on any atom is -0.304 e. The molecular weight excluding hydrogens is 394 g/mol. The van der Waals surface area contributed by atoms with Gasteiger partial charge < -0.3 is 4.98 Å². The molecule has 0 bridgehead atoms. The Morgan fingerprint density at radius 1 is 1.31 bits per heavy atom. The van der Waals surface area contributed by atoms with Crippen molar-refractivity contribution in [3.05, 3.63) is 40.3 Å². The van der Waals surface area contributed by atoms with Crippen molar-refractivity contribution in [1.82, 2.24) is 9.97 Å². The minimum absolute atomic E-state index is 0.0708. The summed E-state index contributed by atoms with van der Waals surface area (Å²) in [5, 5.41) is 0.171. The standard InChI is InChI=1S/C9H5BrFIN2O2/c1-2-3-7(5(11)4(10)6(2)12)13-9(16)14-8(3)15/h1H3,(H2,13,14,15,16). The first-order valence-electron chi connectivity index (χ1n) is 4.23. The summed E-state index contributed by atoms with van der Waals surface area (Å²) in [5.74, 6) is -0.631. The molecule has 1 aromatic carbocycles. The smallest absolute Gasteiger partial charge is 0.304 e. The largest absolute Gasteiger partial charge is 0.326 e. The van der Waals surface area contributed by atoms with E-state index >= 15 is 0 Å².